The fourth-order valence-corrected chi connectivity index (χ4v) is 4.35. The quantitative estimate of drug-likeness (QED) is 0.404. The summed E-state index contributed by atoms with van der Waals surface area (Å²) in [5.74, 6) is 0.263. The lowest BCUT2D eigenvalue weighted by Crippen LogP contribution is -2.43. The van der Waals surface area contributed by atoms with Crippen molar-refractivity contribution in [1.82, 2.24) is 4.90 Å². The van der Waals surface area contributed by atoms with Gasteiger partial charge in [-0.3, -0.25) is 4.90 Å². The van der Waals surface area contributed by atoms with Gasteiger partial charge in [0.15, 0.2) is 0 Å². The van der Waals surface area contributed by atoms with Crippen LogP contribution in [-0.4, -0.2) is 22.9 Å². The van der Waals surface area contributed by atoms with Gasteiger partial charge in [-0.05, 0) is 24.6 Å². The highest BCUT2D eigenvalue weighted by Crippen LogP contribution is 2.44. The van der Waals surface area contributed by atoms with Gasteiger partial charge in [-0.2, -0.15) is 0 Å². The zero-order chi connectivity index (χ0) is 18.4. The van der Waals surface area contributed by atoms with Crippen molar-refractivity contribution in [2.45, 2.75) is 51.1 Å². The van der Waals surface area contributed by atoms with Crippen molar-refractivity contribution in [3.8, 4) is 0 Å². The van der Waals surface area contributed by atoms with E-state index < -0.39 is 0 Å². The molecule has 0 radical (unpaired) electrons. The number of unbranched alkanes of at least 4 members (excludes halogenated alkanes) is 2. The molecule has 26 heavy (non-hydrogen) atoms. The predicted molar refractivity (Wildman–Crippen MR) is 108 cm³/mol. The van der Waals surface area contributed by atoms with Gasteiger partial charge >= 0.3 is 0 Å². The van der Waals surface area contributed by atoms with Gasteiger partial charge in [-0.1, -0.05) is 92.0 Å². The molecule has 1 aliphatic heterocycles. The zero-order valence-electron chi connectivity index (χ0n) is 15.9. The number of hydrogen-bond acceptors (Lipinski definition) is 3. The van der Waals surface area contributed by atoms with Crippen LogP contribution in [0.3, 0.4) is 0 Å². The highest BCUT2D eigenvalue weighted by Gasteiger charge is 2.40. The predicted octanol–water partition coefficient (Wildman–Crippen LogP) is 5.83. The Morgan fingerprint density at radius 2 is 1.58 bits per heavy atom. The summed E-state index contributed by atoms with van der Waals surface area (Å²) in [5.41, 5.74) is 3.53. The van der Waals surface area contributed by atoms with Crippen molar-refractivity contribution in [2.75, 3.05) is 7.05 Å². The summed E-state index contributed by atoms with van der Waals surface area (Å²) in [6.45, 7) is 2.23. The van der Waals surface area contributed by atoms with E-state index in [0.29, 0.717) is 0 Å². The maximum Gasteiger partial charge on any atom is 0.0639 e. The second-order valence-corrected chi connectivity index (χ2v) is 7.35. The van der Waals surface area contributed by atoms with Crippen LogP contribution in [0.2, 0.25) is 0 Å². The lowest BCUT2D eigenvalue weighted by Gasteiger charge is -2.45. The molecular formula is C23H30N2O. The number of rotatable bonds is 6. The van der Waals surface area contributed by atoms with E-state index in [2.05, 4.69) is 84.7 Å². The van der Waals surface area contributed by atoms with Crippen LogP contribution in [0.4, 0.5) is 0 Å². The average Bonchev–Trinajstić information content (AvgIpc) is 2.70. The molecule has 138 valence electrons. The summed E-state index contributed by atoms with van der Waals surface area (Å²) in [6.07, 6.45) is 5.46. The summed E-state index contributed by atoms with van der Waals surface area (Å²) in [4.78, 5) is 2.48. The standard InChI is InChI=1S/C23H30N2O/c1-3-4-7-16-20-21(24-26)17-22(18-12-8-5-9-13-18)25(2)23(20)19-14-10-6-11-15-19/h5-6,8-15,20,22-23,26H,3-4,7,16-17H2,1-2H3. The number of oxime groups is 1. The molecule has 3 heteroatoms. The number of likely N-dealkylation sites (tertiary alicyclic amines) is 1. The minimum Gasteiger partial charge on any atom is -0.411 e. The Labute approximate surface area is 157 Å². The highest BCUT2D eigenvalue weighted by atomic mass is 16.4. The van der Waals surface area contributed by atoms with Crippen LogP contribution >= 0.6 is 0 Å². The Bertz CT molecular complexity index is 699. The van der Waals surface area contributed by atoms with Gasteiger partial charge in [0, 0.05) is 24.4 Å². The Balaban J connectivity index is 1.97. The third kappa shape index (κ3) is 3.99. The number of benzene rings is 2. The van der Waals surface area contributed by atoms with E-state index in [4.69, 9.17) is 0 Å². The van der Waals surface area contributed by atoms with Crippen molar-refractivity contribution in [1.29, 1.82) is 0 Å². The van der Waals surface area contributed by atoms with Gasteiger partial charge in [0.25, 0.3) is 0 Å². The van der Waals surface area contributed by atoms with Gasteiger partial charge in [0.1, 0.15) is 0 Å². The minimum atomic E-state index is 0.231. The molecule has 1 N–H and O–H groups in total. The number of nitrogens with zero attached hydrogens (tertiary/aromatic N) is 2. The first-order chi connectivity index (χ1) is 12.8. The summed E-state index contributed by atoms with van der Waals surface area (Å²) >= 11 is 0. The number of piperidine rings is 1. The molecule has 1 heterocycles. The van der Waals surface area contributed by atoms with E-state index in [-0.39, 0.29) is 18.0 Å². The maximum atomic E-state index is 9.80. The fraction of sp³-hybridized carbons (Fsp3) is 0.435. The van der Waals surface area contributed by atoms with Crippen molar-refractivity contribution in [3.63, 3.8) is 0 Å². The van der Waals surface area contributed by atoms with Crippen LogP contribution in [0.5, 0.6) is 0 Å². The van der Waals surface area contributed by atoms with Crippen LogP contribution in [-0.2, 0) is 0 Å². The molecule has 2 aromatic rings. The lowest BCUT2D eigenvalue weighted by atomic mass is 9.76. The largest absolute Gasteiger partial charge is 0.411 e. The third-order valence-corrected chi connectivity index (χ3v) is 5.71. The third-order valence-electron chi connectivity index (χ3n) is 5.71. The monoisotopic (exact) mass is 350 g/mol. The normalized spacial score (nSPS) is 25.5. The van der Waals surface area contributed by atoms with Gasteiger partial charge in [0.2, 0.25) is 0 Å². The average molecular weight is 351 g/mol. The fourth-order valence-electron chi connectivity index (χ4n) is 4.35. The van der Waals surface area contributed by atoms with E-state index >= 15 is 0 Å². The Morgan fingerprint density at radius 1 is 0.962 bits per heavy atom. The van der Waals surface area contributed by atoms with E-state index in [1.807, 2.05) is 0 Å². The van der Waals surface area contributed by atoms with Crippen LogP contribution < -0.4 is 0 Å². The summed E-state index contributed by atoms with van der Waals surface area (Å²) in [5, 5.41) is 13.6. The topological polar surface area (TPSA) is 35.8 Å². The SMILES string of the molecule is CCCCCC1C(=NO)CC(c2ccccc2)N(C)C1c1ccccc1. The zero-order valence-corrected chi connectivity index (χ0v) is 15.9. The first-order valence-corrected chi connectivity index (χ1v) is 9.79. The van der Waals surface area contributed by atoms with E-state index in [1.165, 1.54) is 30.4 Å². The van der Waals surface area contributed by atoms with Crippen molar-refractivity contribution >= 4 is 5.71 Å². The molecule has 1 fully saturated rings. The molecular weight excluding hydrogens is 320 g/mol. The van der Waals surface area contributed by atoms with E-state index in [1.54, 1.807) is 0 Å². The lowest BCUT2D eigenvalue weighted by molar-refractivity contribution is 0.117. The molecule has 0 amide bonds. The van der Waals surface area contributed by atoms with Crippen LogP contribution in [0.15, 0.2) is 65.8 Å². The number of hydrogen-bond donors (Lipinski definition) is 1. The van der Waals surface area contributed by atoms with Crippen LogP contribution in [0.1, 0.15) is 62.2 Å². The smallest absolute Gasteiger partial charge is 0.0639 e. The minimum absolute atomic E-state index is 0.231. The van der Waals surface area contributed by atoms with Crippen molar-refractivity contribution in [3.05, 3.63) is 71.8 Å². The van der Waals surface area contributed by atoms with E-state index in [0.717, 1.165) is 18.6 Å². The summed E-state index contributed by atoms with van der Waals surface area (Å²) < 4.78 is 0. The molecule has 0 aromatic heterocycles. The molecule has 1 saturated heterocycles. The van der Waals surface area contributed by atoms with Gasteiger partial charge < -0.3 is 5.21 Å². The Morgan fingerprint density at radius 3 is 2.15 bits per heavy atom. The van der Waals surface area contributed by atoms with Gasteiger partial charge in [-0.25, -0.2) is 0 Å². The molecule has 0 aliphatic carbocycles. The second-order valence-electron chi connectivity index (χ2n) is 7.35. The first kappa shape index (κ1) is 18.7. The molecule has 3 unspecified atom stereocenters. The molecule has 3 atom stereocenters. The molecule has 2 aromatic carbocycles. The molecule has 0 saturated carbocycles. The Hall–Kier alpha value is -2.13. The molecule has 3 nitrogen and oxygen atoms in total. The van der Waals surface area contributed by atoms with Crippen LogP contribution in [0, 0.1) is 5.92 Å². The molecule has 0 bridgehead atoms. The van der Waals surface area contributed by atoms with Crippen LogP contribution in [0.25, 0.3) is 0 Å². The second kappa shape index (κ2) is 9.00. The molecule has 3 rings (SSSR count). The van der Waals surface area contributed by atoms with Gasteiger partial charge in [-0.15, -0.1) is 0 Å². The Kier molecular flexibility index (Phi) is 6.45. The highest BCUT2D eigenvalue weighted by molar-refractivity contribution is 5.88. The van der Waals surface area contributed by atoms with E-state index in [9.17, 15) is 5.21 Å². The molecule has 0 spiro atoms. The first-order valence-electron chi connectivity index (χ1n) is 9.79. The van der Waals surface area contributed by atoms with Crippen molar-refractivity contribution < 1.29 is 5.21 Å². The maximum absolute atomic E-state index is 9.80. The molecule has 1 aliphatic rings. The van der Waals surface area contributed by atoms with Crippen molar-refractivity contribution in [2.24, 2.45) is 11.1 Å². The summed E-state index contributed by atoms with van der Waals surface area (Å²) in [6, 6.07) is 21.7. The summed E-state index contributed by atoms with van der Waals surface area (Å²) in [7, 11) is 2.22. The van der Waals surface area contributed by atoms with Gasteiger partial charge in [0.05, 0.1) is 5.71 Å².